The molecule has 110 valence electrons. The van der Waals surface area contributed by atoms with Gasteiger partial charge in [-0.15, -0.1) is 11.8 Å². The van der Waals surface area contributed by atoms with Crippen molar-refractivity contribution in [1.29, 1.82) is 0 Å². The number of carbonyl (C=O) groups is 1. The third kappa shape index (κ3) is 4.82. The molecule has 2 N–H and O–H groups in total. The first kappa shape index (κ1) is 16.5. The molecule has 1 aromatic carbocycles. The highest BCUT2D eigenvalue weighted by Gasteiger charge is 2.22. The minimum absolute atomic E-state index is 0.0256. The van der Waals surface area contributed by atoms with E-state index in [0.717, 1.165) is 4.90 Å². The van der Waals surface area contributed by atoms with Crippen LogP contribution in [0.1, 0.15) is 20.3 Å². The first-order valence-corrected chi connectivity index (χ1v) is 7.18. The Bertz CT molecular complexity index is 472. The second-order valence-corrected chi connectivity index (χ2v) is 5.71. The highest BCUT2D eigenvalue weighted by molar-refractivity contribution is 8.00. The number of non-ortho nitro benzene ring substituents is 1. The van der Waals surface area contributed by atoms with Crippen molar-refractivity contribution in [3.05, 3.63) is 34.4 Å². The summed E-state index contributed by atoms with van der Waals surface area (Å²) >= 11 is 1.29. The quantitative estimate of drug-likeness (QED) is 0.456. The SMILES string of the molecule is CCC(C)(CO)NC(=O)CSc1ccc([N+](=O)[O-])cc1. The number of aliphatic hydroxyl groups is 1. The summed E-state index contributed by atoms with van der Waals surface area (Å²) < 4.78 is 0. The van der Waals surface area contributed by atoms with Crippen molar-refractivity contribution in [3.63, 3.8) is 0 Å². The van der Waals surface area contributed by atoms with Crippen LogP contribution in [-0.2, 0) is 4.79 Å². The van der Waals surface area contributed by atoms with Gasteiger partial charge in [-0.05, 0) is 25.5 Å². The van der Waals surface area contributed by atoms with E-state index in [1.165, 1.54) is 23.9 Å². The molecule has 0 aliphatic carbocycles. The van der Waals surface area contributed by atoms with Gasteiger partial charge >= 0.3 is 0 Å². The monoisotopic (exact) mass is 298 g/mol. The van der Waals surface area contributed by atoms with Crippen LogP contribution in [0.15, 0.2) is 29.2 Å². The van der Waals surface area contributed by atoms with Crippen LogP contribution in [0.2, 0.25) is 0 Å². The Morgan fingerprint density at radius 3 is 2.50 bits per heavy atom. The number of thioether (sulfide) groups is 1. The van der Waals surface area contributed by atoms with Crippen molar-refractivity contribution in [2.45, 2.75) is 30.7 Å². The van der Waals surface area contributed by atoms with Gasteiger partial charge in [-0.25, -0.2) is 0 Å². The van der Waals surface area contributed by atoms with E-state index in [4.69, 9.17) is 0 Å². The molecular weight excluding hydrogens is 280 g/mol. The standard InChI is InChI=1S/C13H18N2O4S/c1-3-13(2,9-16)14-12(17)8-20-11-6-4-10(5-7-11)15(18)19/h4-7,16H,3,8-9H2,1-2H3,(H,14,17). The summed E-state index contributed by atoms with van der Waals surface area (Å²) in [6, 6.07) is 6.04. The van der Waals surface area contributed by atoms with Crippen LogP contribution in [-0.4, -0.2) is 33.8 Å². The average molecular weight is 298 g/mol. The fourth-order valence-corrected chi connectivity index (χ4v) is 2.12. The Morgan fingerprint density at radius 1 is 1.45 bits per heavy atom. The molecule has 0 aliphatic rings. The molecule has 0 radical (unpaired) electrons. The van der Waals surface area contributed by atoms with Gasteiger partial charge in [0.2, 0.25) is 5.91 Å². The van der Waals surface area contributed by atoms with E-state index in [0.29, 0.717) is 6.42 Å². The Morgan fingerprint density at radius 2 is 2.05 bits per heavy atom. The number of carbonyl (C=O) groups excluding carboxylic acids is 1. The molecule has 0 aromatic heterocycles. The fourth-order valence-electron chi connectivity index (χ4n) is 1.43. The zero-order chi connectivity index (χ0) is 15.2. The molecular formula is C13H18N2O4S. The minimum Gasteiger partial charge on any atom is -0.394 e. The Labute approximate surface area is 121 Å². The van der Waals surface area contributed by atoms with E-state index in [9.17, 15) is 20.0 Å². The smallest absolute Gasteiger partial charge is 0.269 e. The maximum absolute atomic E-state index is 11.8. The van der Waals surface area contributed by atoms with Gasteiger partial charge in [0.05, 0.1) is 22.8 Å². The van der Waals surface area contributed by atoms with Crippen LogP contribution >= 0.6 is 11.8 Å². The molecule has 1 unspecified atom stereocenters. The molecule has 0 spiro atoms. The van der Waals surface area contributed by atoms with E-state index >= 15 is 0 Å². The highest BCUT2D eigenvalue weighted by atomic mass is 32.2. The molecule has 20 heavy (non-hydrogen) atoms. The van der Waals surface area contributed by atoms with Gasteiger partial charge in [0.1, 0.15) is 0 Å². The number of hydrogen-bond acceptors (Lipinski definition) is 5. The number of aliphatic hydroxyl groups excluding tert-OH is 1. The average Bonchev–Trinajstić information content (AvgIpc) is 2.45. The number of amides is 1. The van der Waals surface area contributed by atoms with Crippen molar-refractivity contribution >= 4 is 23.4 Å². The number of nitro benzene ring substituents is 1. The molecule has 0 heterocycles. The number of nitrogens with zero attached hydrogens (tertiary/aromatic N) is 1. The summed E-state index contributed by atoms with van der Waals surface area (Å²) in [6.45, 7) is 3.55. The third-order valence-corrected chi connectivity index (χ3v) is 4.00. The van der Waals surface area contributed by atoms with Gasteiger partial charge in [0.15, 0.2) is 0 Å². The summed E-state index contributed by atoms with van der Waals surface area (Å²) in [6.07, 6.45) is 0.636. The molecule has 1 atom stereocenters. The van der Waals surface area contributed by atoms with Gasteiger partial charge < -0.3 is 10.4 Å². The number of nitrogens with one attached hydrogen (secondary N) is 1. The normalized spacial score (nSPS) is 13.6. The lowest BCUT2D eigenvalue weighted by Crippen LogP contribution is -2.49. The van der Waals surface area contributed by atoms with Gasteiger partial charge in [-0.2, -0.15) is 0 Å². The highest BCUT2D eigenvalue weighted by Crippen LogP contribution is 2.21. The lowest BCUT2D eigenvalue weighted by molar-refractivity contribution is -0.384. The number of rotatable bonds is 7. The zero-order valence-corrected chi connectivity index (χ0v) is 12.3. The molecule has 1 amide bonds. The maximum Gasteiger partial charge on any atom is 0.269 e. The van der Waals surface area contributed by atoms with Crippen LogP contribution in [0.3, 0.4) is 0 Å². The van der Waals surface area contributed by atoms with E-state index in [1.807, 2.05) is 6.92 Å². The first-order chi connectivity index (χ1) is 9.40. The minimum atomic E-state index is -0.604. The van der Waals surface area contributed by atoms with Crippen molar-refractivity contribution in [3.8, 4) is 0 Å². The Kier molecular flexibility index (Phi) is 5.97. The summed E-state index contributed by atoms with van der Waals surface area (Å²) in [4.78, 5) is 22.6. The van der Waals surface area contributed by atoms with E-state index < -0.39 is 10.5 Å². The Hall–Kier alpha value is -1.60. The molecule has 1 rings (SSSR count). The number of nitro groups is 1. The summed E-state index contributed by atoms with van der Waals surface area (Å²) in [5.74, 6) is 0.0275. The Balaban J connectivity index is 2.50. The fraction of sp³-hybridized carbons (Fsp3) is 0.462. The van der Waals surface area contributed by atoms with Gasteiger partial charge in [-0.3, -0.25) is 14.9 Å². The van der Waals surface area contributed by atoms with Crippen molar-refractivity contribution in [2.24, 2.45) is 0 Å². The topological polar surface area (TPSA) is 92.5 Å². The molecule has 0 bridgehead atoms. The number of benzene rings is 1. The molecule has 6 nitrogen and oxygen atoms in total. The van der Waals surface area contributed by atoms with Crippen LogP contribution in [0, 0.1) is 10.1 Å². The third-order valence-electron chi connectivity index (χ3n) is 2.99. The second-order valence-electron chi connectivity index (χ2n) is 4.66. The first-order valence-electron chi connectivity index (χ1n) is 6.19. The van der Waals surface area contributed by atoms with Gasteiger partial charge in [0, 0.05) is 17.0 Å². The molecule has 0 fully saturated rings. The van der Waals surface area contributed by atoms with Crippen molar-refractivity contribution in [2.75, 3.05) is 12.4 Å². The van der Waals surface area contributed by atoms with Crippen molar-refractivity contribution < 1.29 is 14.8 Å². The molecule has 7 heteroatoms. The predicted molar refractivity (Wildman–Crippen MR) is 77.7 cm³/mol. The van der Waals surface area contributed by atoms with Crippen molar-refractivity contribution in [1.82, 2.24) is 5.32 Å². The van der Waals surface area contributed by atoms with Crippen LogP contribution in [0.4, 0.5) is 5.69 Å². The van der Waals surface area contributed by atoms with E-state index in [1.54, 1.807) is 19.1 Å². The summed E-state index contributed by atoms with van der Waals surface area (Å²) in [7, 11) is 0. The molecule has 0 aliphatic heterocycles. The van der Waals surface area contributed by atoms with E-state index in [2.05, 4.69) is 5.32 Å². The second kappa shape index (κ2) is 7.25. The zero-order valence-electron chi connectivity index (χ0n) is 11.5. The largest absolute Gasteiger partial charge is 0.394 e. The lowest BCUT2D eigenvalue weighted by Gasteiger charge is -2.27. The van der Waals surface area contributed by atoms with Crippen LogP contribution in [0.25, 0.3) is 0 Å². The van der Waals surface area contributed by atoms with Gasteiger partial charge in [-0.1, -0.05) is 6.92 Å². The molecule has 0 saturated heterocycles. The lowest BCUT2D eigenvalue weighted by atomic mass is 10.0. The summed E-state index contributed by atoms with van der Waals surface area (Å²) in [5.41, 5.74) is -0.578. The van der Waals surface area contributed by atoms with Crippen LogP contribution in [0.5, 0.6) is 0 Å². The maximum atomic E-state index is 11.8. The van der Waals surface area contributed by atoms with Gasteiger partial charge in [0.25, 0.3) is 5.69 Å². The predicted octanol–water partition coefficient (Wildman–Crippen LogP) is 1.96. The van der Waals surface area contributed by atoms with Crippen LogP contribution < -0.4 is 5.32 Å². The van der Waals surface area contributed by atoms with E-state index in [-0.39, 0.29) is 24.0 Å². The number of hydrogen-bond donors (Lipinski definition) is 2. The molecule has 0 saturated carbocycles. The molecule has 1 aromatic rings. The summed E-state index contributed by atoms with van der Waals surface area (Å²) in [5, 5.41) is 22.5.